The van der Waals surface area contributed by atoms with E-state index in [2.05, 4.69) is 0 Å². The molecule has 1 saturated heterocycles. The van der Waals surface area contributed by atoms with Gasteiger partial charge in [-0.25, -0.2) is 9.80 Å². The molecule has 0 atom stereocenters. The van der Waals surface area contributed by atoms with E-state index in [0.717, 1.165) is 10.6 Å². The number of aryl methyl sites for hydroxylation is 1. The van der Waals surface area contributed by atoms with E-state index < -0.39 is 36.0 Å². The van der Waals surface area contributed by atoms with Crippen LogP contribution in [0.3, 0.4) is 0 Å². The van der Waals surface area contributed by atoms with Gasteiger partial charge in [-0.3, -0.25) is 19.2 Å². The summed E-state index contributed by atoms with van der Waals surface area (Å²) in [6.45, 7) is 1.30. The van der Waals surface area contributed by atoms with E-state index in [1.54, 1.807) is 24.3 Å². The number of esters is 1. The molecule has 0 aromatic heterocycles. The van der Waals surface area contributed by atoms with Crippen molar-refractivity contribution in [3.63, 3.8) is 0 Å². The molecule has 0 aliphatic carbocycles. The number of hydrogen-bond donors (Lipinski definition) is 0. The average molecular weight is 539 g/mol. The largest absolute Gasteiger partial charge is 0.423 e. The number of halogens is 2. The molecule has 0 spiro atoms. The number of nitrogens with zero attached hydrogens (tertiary/aromatic N) is 2. The summed E-state index contributed by atoms with van der Waals surface area (Å²) in [5.41, 5.74) is 1.53. The van der Waals surface area contributed by atoms with Gasteiger partial charge in [0, 0.05) is 23.4 Å². The predicted molar refractivity (Wildman–Crippen MR) is 135 cm³/mol. The zero-order valence-corrected chi connectivity index (χ0v) is 21.1. The van der Waals surface area contributed by atoms with Gasteiger partial charge in [-0.2, -0.15) is 5.01 Å². The second-order valence-electron chi connectivity index (χ2n) is 8.29. The van der Waals surface area contributed by atoms with Crippen molar-refractivity contribution in [1.29, 1.82) is 0 Å². The lowest BCUT2D eigenvalue weighted by Crippen LogP contribution is -2.51. The van der Waals surface area contributed by atoms with Crippen LogP contribution < -0.4 is 4.74 Å². The monoisotopic (exact) mass is 538 g/mol. The Labute approximate surface area is 222 Å². The fraction of sp³-hybridized carbons (Fsp3) is 0.148. The minimum absolute atomic E-state index is 0.00814. The Bertz CT molecular complexity index is 1390. The summed E-state index contributed by atoms with van der Waals surface area (Å²) in [7, 11) is 0. The number of rotatable bonds is 7. The van der Waals surface area contributed by atoms with Crippen molar-refractivity contribution < 1.29 is 28.7 Å². The van der Waals surface area contributed by atoms with E-state index in [1.165, 1.54) is 42.5 Å². The molecule has 4 rings (SSSR count). The second-order valence-corrected chi connectivity index (χ2v) is 9.13. The van der Waals surface area contributed by atoms with Crippen LogP contribution in [0.5, 0.6) is 5.75 Å². The number of hydrogen-bond acceptors (Lipinski definition) is 6. The highest BCUT2D eigenvalue weighted by atomic mass is 35.5. The van der Waals surface area contributed by atoms with E-state index >= 15 is 0 Å². The lowest BCUT2D eigenvalue weighted by molar-refractivity contribution is -0.152. The Morgan fingerprint density at radius 2 is 1.46 bits per heavy atom. The van der Waals surface area contributed by atoms with Gasteiger partial charge in [-0.15, -0.1) is 0 Å². The molecule has 0 N–H and O–H groups in total. The normalized spacial score (nSPS) is 13.0. The van der Waals surface area contributed by atoms with Gasteiger partial charge in [0.05, 0.1) is 16.1 Å². The maximum absolute atomic E-state index is 13.3. The number of carbonyl (C=O) groups excluding carboxylic acids is 5. The first kappa shape index (κ1) is 26.1. The van der Waals surface area contributed by atoms with E-state index in [9.17, 15) is 24.0 Å². The number of ether oxygens (including phenoxy) is 1. The minimum Gasteiger partial charge on any atom is -0.423 e. The Morgan fingerprint density at radius 3 is 2.05 bits per heavy atom. The first-order chi connectivity index (χ1) is 17.6. The molecule has 0 bridgehead atoms. The van der Waals surface area contributed by atoms with Crippen molar-refractivity contribution in [2.24, 2.45) is 0 Å². The number of ketones is 1. The molecule has 0 radical (unpaired) electrons. The molecule has 1 heterocycles. The summed E-state index contributed by atoms with van der Waals surface area (Å²) in [4.78, 5) is 63.5. The quantitative estimate of drug-likeness (QED) is 0.183. The van der Waals surface area contributed by atoms with Crippen LogP contribution in [-0.4, -0.2) is 46.0 Å². The van der Waals surface area contributed by atoms with Crippen LogP contribution in [0, 0.1) is 6.92 Å². The summed E-state index contributed by atoms with van der Waals surface area (Å²) in [5, 5.41) is 1.78. The number of carbonyl (C=O) groups is 5. The maximum Gasteiger partial charge on any atom is 0.343 e. The molecular formula is C27H20Cl2N2O6. The lowest BCUT2D eigenvalue weighted by Gasteiger charge is -2.29. The summed E-state index contributed by atoms with van der Waals surface area (Å²) >= 11 is 12.1. The molecule has 1 aliphatic rings. The van der Waals surface area contributed by atoms with Gasteiger partial charge in [0.2, 0.25) is 11.8 Å². The standard InChI is InChI=1S/C27H20Cl2N2O6/c1-16-2-4-18(5-3-16)27(36)37-20-9-6-17(7-10-20)23(32)15-30(31-24(33)12-13-25(31)34)26(35)21-11-8-19(28)14-22(21)29/h2-11,14H,12-13,15H2,1H3. The van der Waals surface area contributed by atoms with E-state index in [-0.39, 0.29) is 34.7 Å². The molecule has 3 aromatic rings. The predicted octanol–water partition coefficient (Wildman–Crippen LogP) is 4.91. The third kappa shape index (κ3) is 5.87. The minimum atomic E-state index is -0.803. The van der Waals surface area contributed by atoms with Crippen LogP contribution in [0.25, 0.3) is 0 Å². The van der Waals surface area contributed by atoms with Crippen LogP contribution in [0.2, 0.25) is 10.0 Å². The van der Waals surface area contributed by atoms with Gasteiger partial charge in [0.15, 0.2) is 5.78 Å². The molecule has 1 fully saturated rings. The van der Waals surface area contributed by atoms with Crippen molar-refractivity contribution in [1.82, 2.24) is 10.0 Å². The first-order valence-electron chi connectivity index (χ1n) is 11.2. The molecule has 188 valence electrons. The van der Waals surface area contributed by atoms with Crippen LogP contribution >= 0.6 is 23.2 Å². The summed E-state index contributed by atoms with van der Waals surface area (Å²) < 4.78 is 5.35. The van der Waals surface area contributed by atoms with E-state index in [0.29, 0.717) is 15.6 Å². The number of amides is 3. The van der Waals surface area contributed by atoms with Gasteiger partial charge in [0.1, 0.15) is 12.3 Å². The number of imide groups is 1. The summed E-state index contributed by atoms with van der Waals surface area (Å²) in [6, 6.07) is 16.7. The Balaban J connectivity index is 1.53. The van der Waals surface area contributed by atoms with Gasteiger partial charge < -0.3 is 4.74 Å². The zero-order valence-electron chi connectivity index (χ0n) is 19.6. The van der Waals surface area contributed by atoms with Gasteiger partial charge in [0.25, 0.3) is 5.91 Å². The van der Waals surface area contributed by atoms with Crippen LogP contribution in [0.4, 0.5) is 0 Å². The summed E-state index contributed by atoms with van der Waals surface area (Å²) in [5.74, 6) is -2.90. The number of benzene rings is 3. The second kappa shape index (κ2) is 10.9. The molecule has 0 unspecified atom stereocenters. The molecule has 3 amide bonds. The highest BCUT2D eigenvalue weighted by Crippen LogP contribution is 2.25. The highest BCUT2D eigenvalue weighted by Gasteiger charge is 2.38. The molecule has 1 aliphatic heterocycles. The van der Waals surface area contributed by atoms with Crippen LogP contribution in [-0.2, 0) is 9.59 Å². The Hall–Kier alpha value is -4.01. The SMILES string of the molecule is Cc1ccc(C(=O)Oc2ccc(C(=O)CN(C(=O)c3ccc(Cl)cc3Cl)N3C(=O)CCC3=O)cc2)cc1. The van der Waals surface area contributed by atoms with Gasteiger partial charge >= 0.3 is 5.97 Å². The number of hydrazine groups is 1. The molecular weight excluding hydrogens is 519 g/mol. The van der Waals surface area contributed by atoms with Crippen molar-refractivity contribution in [2.45, 2.75) is 19.8 Å². The Kier molecular flexibility index (Phi) is 7.71. The lowest BCUT2D eigenvalue weighted by atomic mass is 10.1. The Morgan fingerprint density at radius 1 is 0.865 bits per heavy atom. The molecule has 37 heavy (non-hydrogen) atoms. The van der Waals surface area contributed by atoms with Gasteiger partial charge in [-0.05, 0) is 61.5 Å². The van der Waals surface area contributed by atoms with E-state index in [4.69, 9.17) is 27.9 Å². The molecule has 8 nitrogen and oxygen atoms in total. The van der Waals surface area contributed by atoms with Crippen molar-refractivity contribution in [2.75, 3.05) is 6.54 Å². The smallest absolute Gasteiger partial charge is 0.343 e. The van der Waals surface area contributed by atoms with Crippen LogP contribution in [0.1, 0.15) is 49.5 Å². The van der Waals surface area contributed by atoms with Gasteiger partial charge in [-0.1, -0.05) is 40.9 Å². The highest BCUT2D eigenvalue weighted by molar-refractivity contribution is 6.36. The van der Waals surface area contributed by atoms with Crippen molar-refractivity contribution >= 4 is 52.7 Å². The fourth-order valence-electron chi connectivity index (χ4n) is 3.66. The topological polar surface area (TPSA) is 101 Å². The fourth-order valence-corrected chi connectivity index (χ4v) is 4.15. The zero-order chi connectivity index (χ0) is 26.7. The average Bonchev–Trinajstić information content (AvgIpc) is 3.20. The molecule has 3 aromatic carbocycles. The molecule has 10 heteroatoms. The third-order valence-corrected chi connectivity index (χ3v) is 6.18. The number of Topliss-reactive ketones (excluding diaryl/α,β-unsaturated/α-hetero) is 1. The van der Waals surface area contributed by atoms with E-state index in [1.807, 2.05) is 6.92 Å². The summed E-state index contributed by atoms with van der Waals surface area (Å²) in [6.07, 6.45) is -0.154. The third-order valence-electron chi connectivity index (χ3n) is 5.63. The van der Waals surface area contributed by atoms with Crippen LogP contribution in [0.15, 0.2) is 66.7 Å². The first-order valence-corrected chi connectivity index (χ1v) is 11.9. The van der Waals surface area contributed by atoms with Crippen molar-refractivity contribution in [3.8, 4) is 5.75 Å². The van der Waals surface area contributed by atoms with Crippen molar-refractivity contribution in [3.05, 3.63) is 99.0 Å². The maximum atomic E-state index is 13.3. The molecule has 0 saturated carbocycles.